The Morgan fingerprint density at radius 3 is 2.32 bits per heavy atom. The van der Waals surface area contributed by atoms with Crippen molar-refractivity contribution in [3.8, 4) is 0 Å². The van der Waals surface area contributed by atoms with E-state index in [0.29, 0.717) is 0 Å². The minimum Gasteiger partial charge on any atom is -0.262 e. The zero-order valence-electron chi connectivity index (χ0n) is 10.8. The maximum Gasteiger partial charge on any atom is 0.264 e. The van der Waals surface area contributed by atoms with Gasteiger partial charge in [-0.15, -0.1) is 10.2 Å². The Morgan fingerprint density at radius 1 is 1.21 bits per heavy atom. The topological polar surface area (TPSA) is 92.8 Å². The van der Waals surface area contributed by atoms with Gasteiger partial charge in [0.25, 0.3) is 10.1 Å². The zero-order valence-corrected chi connectivity index (χ0v) is 11.6. The highest BCUT2D eigenvalue weighted by molar-refractivity contribution is 7.86. The molecule has 1 unspecified atom stereocenters. The van der Waals surface area contributed by atoms with Crippen LogP contribution >= 0.6 is 0 Å². The van der Waals surface area contributed by atoms with Gasteiger partial charge >= 0.3 is 0 Å². The normalized spacial score (nSPS) is 18.7. The Balaban J connectivity index is 2.49. The summed E-state index contributed by atoms with van der Waals surface area (Å²) in [4.78, 5) is 0. The molecule has 0 amide bonds. The molecule has 1 aromatic carbocycles. The zero-order chi connectivity index (χ0) is 14.1. The number of hydrogen-bond acceptors (Lipinski definition) is 7. The second kappa shape index (κ2) is 4.78. The third-order valence-electron chi connectivity index (χ3n) is 2.86. The molecule has 1 heterocycles. The summed E-state index contributed by atoms with van der Waals surface area (Å²) in [5.41, 5.74) is 0.386. The summed E-state index contributed by atoms with van der Waals surface area (Å²) >= 11 is 0. The standard InChI is InChI=1S/C11H14N4O3S/c1-8-6-4-5-7-10(8)11(12-14-15-13-11)9(2)18-19(3,16)17/h4-7,9H,1-3H3. The van der Waals surface area contributed by atoms with E-state index in [1.165, 1.54) is 0 Å². The highest BCUT2D eigenvalue weighted by atomic mass is 32.2. The summed E-state index contributed by atoms with van der Waals surface area (Å²) in [7, 11) is -3.62. The summed E-state index contributed by atoms with van der Waals surface area (Å²) in [5, 5.41) is 15.0. The number of hydrogen-bond donors (Lipinski definition) is 0. The molecule has 0 radical (unpaired) electrons. The third-order valence-corrected chi connectivity index (χ3v) is 3.50. The first-order valence-corrected chi connectivity index (χ1v) is 7.45. The van der Waals surface area contributed by atoms with Crippen molar-refractivity contribution in [2.75, 3.05) is 6.26 Å². The van der Waals surface area contributed by atoms with Crippen molar-refractivity contribution in [2.24, 2.45) is 20.7 Å². The number of benzene rings is 1. The summed E-state index contributed by atoms with van der Waals surface area (Å²) in [6, 6.07) is 7.38. The van der Waals surface area contributed by atoms with Gasteiger partial charge in [0.1, 0.15) is 6.10 Å². The molecule has 7 nitrogen and oxygen atoms in total. The molecule has 0 saturated carbocycles. The van der Waals surface area contributed by atoms with Gasteiger partial charge in [-0.3, -0.25) is 4.18 Å². The van der Waals surface area contributed by atoms with Crippen LogP contribution in [0.5, 0.6) is 0 Å². The van der Waals surface area contributed by atoms with E-state index in [0.717, 1.165) is 17.4 Å². The van der Waals surface area contributed by atoms with Crippen LogP contribution in [0.4, 0.5) is 0 Å². The Labute approximate surface area is 111 Å². The van der Waals surface area contributed by atoms with Gasteiger partial charge in [-0.2, -0.15) is 8.42 Å². The first-order valence-electron chi connectivity index (χ1n) is 5.63. The quantitative estimate of drug-likeness (QED) is 0.793. The molecule has 1 atom stereocenters. The predicted octanol–water partition coefficient (Wildman–Crippen LogP) is 2.35. The molecule has 0 aromatic heterocycles. The first kappa shape index (κ1) is 13.8. The fourth-order valence-electron chi connectivity index (χ4n) is 2.00. The van der Waals surface area contributed by atoms with Crippen LogP contribution < -0.4 is 0 Å². The summed E-state index contributed by atoms with van der Waals surface area (Å²) in [5.74, 6) is 0. The van der Waals surface area contributed by atoms with E-state index in [9.17, 15) is 8.42 Å². The lowest BCUT2D eigenvalue weighted by molar-refractivity contribution is 0.136. The Hall–Kier alpha value is -1.67. The van der Waals surface area contributed by atoms with Crippen LogP contribution in [-0.2, 0) is 20.0 Å². The molecular formula is C11H14N4O3S. The molecule has 8 heteroatoms. The van der Waals surface area contributed by atoms with Crippen LogP contribution in [0.25, 0.3) is 0 Å². The van der Waals surface area contributed by atoms with Gasteiger partial charge < -0.3 is 0 Å². The van der Waals surface area contributed by atoms with Crippen molar-refractivity contribution in [1.82, 2.24) is 0 Å². The fraction of sp³-hybridized carbons (Fsp3) is 0.455. The highest BCUT2D eigenvalue weighted by Crippen LogP contribution is 2.39. The lowest BCUT2D eigenvalue weighted by atomic mass is 9.92. The van der Waals surface area contributed by atoms with Gasteiger partial charge in [0.15, 0.2) is 0 Å². The van der Waals surface area contributed by atoms with Crippen LogP contribution in [0, 0.1) is 6.92 Å². The molecule has 102 valence electrons. The fourth-order valence-corrected chi connectivity index (χ4v) is 2.66. The van der Waals surface area contributed by atoms with Crippen LogP contribution in [0.3, 0.4) is 0 Å². The SMILES string of the molecule is Cc1ccccc1C1(C(C)OS(C)(=O)=O)N=NN=N1. The molecule has 2 rings (SSSR count). The van der Waals surface area contributed by atoms with Crippen LogP contribution in [0.2, 0.25) is 0 Å². The van der Waals surface area contributed by atoms with Crippen molar-refractivity contribution in [2.45, 2.75) is 25.6 Å². The van der Waals surface area contributed by atoms with Crippen molar-refractivity contribution >= 4 is 10.1 Å². The largest absolute Gasteiger partial charge is 0.264 e. The first-order chi connectivity index (χ1) is 8.85. The Bertz CT molecular complexity index is 627. The second-order valence-corrected chi connectivity index (χ2v) is 5.96. The van der Waals surface area contributed by atoms with Crippen molar-refractivity contribution in [1.29, 1.82) is 0 Å². The van der Waals surface area contributed by atoms with Gasteiger partial charge in [0.2, 0.25) is 5.66 Å². The summed E-state index contributed by atoms with van der Waals surface area (Å²) < 4.78 is 27.6. The molecule has 19 heavy (non-hydrogen) atoms. The number of aryl methyl sites for hydroxylation is 1. The third kappa shape index (κ3) is 2.69. The van der Waals surface area contributed by atoms with E-state index in [1.54, 1.807) is 13.0 Å². The summed E-state index contributed by atoms with van der Waals surface area (Å²) in [6.45, 7) is 3.46. The predicted molar refractivity (Wildman–Crippen MR) is 68.0 cm³/mol. The molecule has 1 aromatic rings. The van der Waals surface area contributed by atoms with E-state index in [4.69, 9.17) is 4.18 Å². The number of nitrogens with zero attached hydrogens (tertiary/aromatic N) is 4. The molecule has 0 aliphatic carbocycles. The molecule has 0 saturated heterocycles. The van der Waals surface area contributed by atoms with Crippen LogP contribution in [-0.4, -0.2) is 20.8 Å². The number of rotatable bonds is 4. The van der Waals surface area contributed by atoms with Gasteiger partial charge in [-0.1, -0.05) is 24.3 Å². The summed E-state index contributed by atoms with van der Waals surface area (Å²) in [6.07, 6.45) is 0.150. The van der Waals surface area contributed by atoms with E-state index in [2.05, 4.69) is 20.7 Å². The smallest absolute Gasteiger partial charge is 0.262 e. The molecule has 1 aliphatic heterocycles. The van der Waals surface area contributed by atoms with E-state index in [1.807, 2.05) is 25.1 Å². The molecular weight excluding hydrogens is 268 g/mol. The van der Waals surface area contributed by atoms with Crippen LogP contribution in [0.1, 0.15) is 18.1 Å². The average Bonchev–Trinajstić information content (AvgIpc) is 2.77. The maximum absolute atomic E-state index is 11.3. The monoisotopic (exact) mass is 282 g/mol. The molecule has 0 spiro atoms. The van der Waals surface area contributed by atoms with Crippen LogP contribution in [0.15, 0.2) is 44.9 Å². The van der Waals surface area contributed by atoms with Gasteiger partial charge in [0.05, 0.1) is 6.26 Å². The van der Waals surface area contributed by atoms with E-state index >= 15 is 0 Å². The molecule has 0 N–H and O–H groups in total. The molecule has 0 bridgehead atoms. The molecule has 1 aliphatic rings. The van der Waals surface area contributed by atoms with Gasteiger partial charge in [-0.05, 0) is 29.9 Å². The van der Waals surface area contributed by atoms with Gasteiger partial charge in [-0.25, -0.2) is 0 Å². The minimum atomic E-state index is -3.62. The Morgan fingerprint density at radius 2 is 1.79 bits per heavy atom. The maximum atomic E-state index is 11.3. The minimum absolute atomic E-state index is 0.719. The highest BCUT2D eigenvalue weighted by Gasteiger charge is 2.45. The van der Waals surface area contributed by atoms with Crippen molar-refractivity contribution in [3.63, 3.8) is 0 Å². The molecule has 0 fully saturated rings. The van der Waals surface area contributed by atoms with E-state index < -0.39 is 21.9 Å². The second-order valence-electron chi connectivity index (χ2n) is 4.36. The van der Waals surface area contributed by atoms with E-state index in [-0.39, 0.29) is 0 Å². The Kier molecular flexibility index (Phi) is 3.46. The van der Waals surface area contributed by atoms with Crippen molar-refractivity contribution in [3.05, 3.63) is 35.4 Å². The lowest BCUT2D eigenvalue weighted by Crippen LogP contribution is -2.36. The average molecular weight is 282 g/mol. The van der Waals surface area contributed by atoms with Gasteiger partial charge in [0, 0.05) is 5.56 Å². The lowest BCUT2D eigenvalue weighted by Gasteiger charge is -2.27. The van der Waals surface area contributed by atoms with Crippen molar-refractivity contribution < 1.29 is 12.6 Å².